The molecule has 0 bridgehead atoms. The third-order valence-electron chi connectivity index (χ3n) is 3.01. The predicted molar refractivity (Wildman–Crippen MR) is 59.3 cm³/mol. The summed E-state index contributed by atoms with van der Waals surface area (Å²) in [6.45, 7) is 1.45. The fourth-order valence-corrected chi connectivity index (χ4v) is 1.88. The molecule has 1 amide bonds. The molecule has 88 valence electrons. The Morgan fingerprint density at radius 1 is 1.40 bits per heavy atom. The standard InChI is InChI=1S/C11H22N2O2/c12-7-1-2-8-13(10-4-3-5-10)11(15)6-9-14/h10,14H,1-9,12H2. The minimum atomic E-state index is -0.0427. The van der Waals surface area contributed by atoms with Crippen LogP contribution < -0.4 is 5.73 Å². The van der Waals surface area contributed by atoms with Gasteiger partial charge in [-0.15, -0.1) is 0 Å². The summed E-state index contributed by atoms with van der Waals surface area (Å²) >= 11 is 0. The fraction of sp³-hybridized carbons (Fsp3) is 0.909. The molecule has 1 rings (SSSR count). The lowest BCUT2D eigenvalue weighted by Crippen LogP contribution is -2.45. The molecular weight excluding hydrogens is 192 g/mol. The topological polar surface area (TPSA) is 66.6 Å². The van der Waals surface area contributed by atoms with Crippen LogP contribution in [0.1, 0.15) is 38.5 Å². The summed E-state index contributed by atoms with van der Waals surface area (Å²) in [6, 6.07) is 0.432. The SMILES string of the molecule is NCCCCN(C(=O)CCO)C1CCC1. The van der Waals surface area contributed by atoms with Crippen LogP contribution in [-0.2, 0) is 4.79 Å². The van der Waals surface area contributed by atoms with Gasteiger partial charge in [0.15, 0.2) is 0 Å². The van der Waals surface area contributed by atoms with E-state index in [-0.39, 0.29) is 18.9 Å². The molecule has 0 unspecified atom stereocenters. The number of amides is 1. The van der Waals surface area contributed by atoms with Crippen molar-refractivity contribution >= 4 is 5.91 Å². The van der Waals surface area contributed by atoms with Crippen molar-refractivity contribution in [2.24, 2.45) is 5.73 Å². The van der Waals surface area contributed by atoms with E-state index in [0.717, 1.165) is 32.2 Å². The highest BCUT2D eigenvalue weighted by atomic mass is 16.3. The Hall–Kier alpha value is -0.610. The van der Waals surface area contributed by atoms with Crippen LogP contribution in [0, 0.1) is 0 Å². The number of carbonyl (C=O) groups excluding carboxylic acids is 1. The van der Waals surface area contributed by atoms with Crippen molar-refractivity contribution in [1.82, 2.24) is 4.90 Å². The predicted octanol–water partition coefficient (Wildman–Crippen LogP) is 0.489. The number of hydrogen-bond acceptors (Lipinski definition) is 3. The van der Waals surface area contributed by atoms with E-state index in [4.69, 9.17) is 10.8 Å². The number of rotatable bonds is 7. The zero-order chi connectivity index (χ0) is 11.1. The second-order valence-corrected chi connectivity index (χ2v) is 4.14. The molecule has 0 radical (unpaired) electrons. The third kappa shape index (κ3) is 3.80. The summed E-state index contributed by atoms with van der Waals surface area (Å²) in [6.07, 6.45) is 5.68. The van der Waals surface area contributed by atoms with Crippen molar-refractivity contribution in [2.45, 2.75) is 44.6 Å². The second kappa shape index (κ2) is 6.80. The highest BCUT2D eigenvalue weighted by molar-refractivity contribution is 5.76. The van der Waals surface area contributed by atoms with Gasteiger partial charge in [0.05, 0.1) is 6.61 Å². The van der Waals surface area contributed by atoms with E-state index in [1.807, 2.05) is 4.90 Å². The molecule has 15 heavy (non-hydrogen) atoms. The molecule has 0 heterocycles. The molecular formula is C11H22N2O2. The van der Waals surface area contributed by atoms with E-state index in [0.29, 0.717) is 12.6 Å². The van der Waals surface area contributed by atoms with Crippen molar-refractivity contribution in [3.05, 3.63) is 0 Å². The van der Waals surface area contributed by atoms with Gasteiger partial charge in [0.2, 0.25) is 5.91 Å². The molecule has 1 saturated carbocycles. The Kier molecular flexibility index (Phi) is 5.65. The second-order valence-electron chi connectivity index (χ2n) is 4.14. The highest BCUT2D eigenvalue weighted by Crippen LogP contribution is 2.25. The minimum absolute atomic E-state index is 0.0427. The monoisotopic (exact) mass is 214 g/mol. The van der Waals surface area contributed by atoms with Gasteiger partial charge < -0.3 is 15.7 Å². The van der Waals surface area contributed by atoms with E-state index in [1.165, 1.54) is 6.42 Å². The third-order valence-corrected chi connectivity index (χ3v) is 3.01. The number of aliphatic hydroxyl groups excluding tert-OH is 1. The van der Waals surface area contributed by atoms with E-state index in [2.05, 4.69) is 0 Å². The van der Waals surface area contributed by atoms with E-state index >= 15 is 0 Å². The number of aliphatic hydroxyl groups is 1. The van der Waals surface area contributed by atoms with Crippen molar-refractivity contribution in [2.75, 3.05) is 19.7 Å². The molecule has 3 N–H and O–H groups in total. The number of carbonyl (C=O) groups is 1. The first kappa shape index (κ1) is 12.5. The molecule has 4 heteroatoms. The van der Waals surface area contributed by atoms with Crippen LogP contribution in [0.15, 0.2) is 0 Å². The van der Waals surface area contributed by atoms with Crippen LogP contribution in [0.5, 0.6) is 0 Å². The van der Waals surface area contributed by atoms with Gasteiger partial charge in [-0.25, -0.2) is 0 Å². The maximum atomic E-state index is 11.7. The number of hydrogen-bond donors (Lipinski definition) is 2. The number of nitrogens with two attached hydrogens (primary N) is 1. The van der Waals surface area contributed by atoms with Crippen LogP contribution >= 0.6 is 0 Å². The largest absolute Gasteiger partial charge is 0.396 e. The normalized spacial score (nSPS) is 16.1. The smallest absolute Gasteiger partial charge is 0.225 e. The maximum absolute atomic E-state index is 11.7. The van der Waals surface area contributed by atoms with Crippen LogP contribution in [0.2, 0.25) is 0 Å². The Labute approximate surface area is 91.4 Å². The average Bonchev–Trinajstić information content (AvgIpc) is 2.14. The first-order chi connectivity index (χ1) is 7.29. The molecule has 1 fully saturated rings. The van der Waals surface area contributed by atoms with Crippen LogP contribution in [-0.4, -0.2) is 41.7 Å². The molecule has 0 aromatic carbocycles. The summed E-state index contributed by atoms with van der Waals surface area (Å²) in [5.41, 5.74) is 5.43. The Morgan fingerprint density at radius 2 is 2.13 bits per heavy atom. The summed E-state index contributed by atoms with van der Waals surface area (Å²) in [5, 5.41) is 8.76. The number of unbranched alkanes of at least 4 members (excludes halogenated alkanes) is 1. The highest BCUT2D eigenvalue weighted by Gasteiger charge is 2.27. The van der Waals surface area contributed by atoms with Gasteiger partial charge in [0.1, 0.15) is 0 Å². The molecule has 4 nitrogen and oxygen atoms in total. The molecule has 0 aromatic rings. The average molecular weight is 214 g/mol. The van der Waals surface area contributed by atoms with Crippen molar-refractivity contribution in [3.63, 3.8) is 0 Å². The zero-order valence-corrected chi connectivity index (χ0v) is 9.32. The first-order valence-electron chi connectivity index (χ1n) is 5.90. The van der Waals surface area contributed by atoms with Crippen molar-refractivity contribution < 1.29 is 9.90 Å². The van der Waals surface area contributed by atoms with Crippen LogP contribution in [0.4, 0.5) is 0 Å². The van der Waals surface area contributed by atoms with E-state index in [9.17, 15) is 4.79 Å². The van der Waals surface area contributed by atoms with Crippen molar-refractivity contribution in [1.29, 1.82) is 0 Å². The Bertz CT molecular complexity index is 193. The lowest BCUT2D eigenvalue weighted by atomic mass is 9.91. The molecule has 0 aliphatic heterocycles. The van der Waals surface area contributed by atoms with Gasteiger partial charge >= 0.3 is 0 Å². The van der Waals surface area contributed by atoms with E-state index in [1.54, 1.807) is 0 Å². The van der Waals surface area contributed by atoms with Gasteiger partial charge in [-0.3, -0.25) is 4.79 Å². The lowest BCUT2D eigenvalue weighted by molar-refractivity contribution is -0.136. The molecule has 1 aliphatic rings. The quantitative estimate of drug-likeness (QED) is 0.606. The fourth-order valence-electron chi connectivity index (χ4n) is 1.88. The summed E-state index contributed by atoms with van der Waals surface area (Å²) in [5.74, 6) is 0.0965. The van der Waals surface area contributed by atoms with E-state index < -0.39 is 0 Å². The van der Waals surface area contributed by atoms with Gasteiger partial charge in [0, 0.05) is 19.0 Å². The van der Waals surface area contributed by atoms with Gasteiger partial charge in [-0.05, 0) is 38.6 Å². The molecule has 0 aromatic heterocycles. The van der Waals surface area contributed by atoms with Gasteiger partial charge in [0.25, 0.3) is 0 Å². The van der Waals surface area contributed by atoms with Crippen LogP contribution in [0.25, 0.3) is 0 Å². The molecule has 1 aliphatic carbocycles. The maximum Gasteiger partial charge on any atom is 0.225 e. The zero-order valence-electron chi connectivity index (χ0n) is 9.32. The van der Waals surface area contributed by atoms with Gasteiger partial charge in [-0.1, -0.05) is 0 Å². The molecule has 0 spiro atoms. The molecule has 0 saturated heterocycles. The Balaban J connectivity index is 2.34. The minimum Gasteiger partial charge on any atom is -0.396 e. The summed E-state index contributed by atoms with van der Waals surface area (Å²) in [4.78, 5) is 13.6. The molecule has 0 atom stereocenters. The lowest BCUT2D eigenvalue weighted by Gasteiger charge is -2.37. The van der Waals surface area contributed by atoms with Gasteiger partial charge in [-0.2, -0.15) is 0 Å². The summed E-state index contributed by atoms with van der Waals surface area (Å²) < 4.78 is 0. The number of nitrogens with zero attached hydrogens (tertiary/aromatic N) is 1. The first-order valence-corrected chi connectivity index (χ1v) is 5.90. The Morgan fingerprint density at radius 3 is 2.60 bits per heavy atom. The van der Waals surface area contributed by atoms with Crippen LogP contribution in [0.3, 0.4) is 0 Å². The van der Waals surface area contributed by atoms with Crippen molar-refractivity contribution in [3.8, 4) is 0 Å². The summed E-state index contributed by atoms with van der Waals surface area (Å²) in [7, 11) is 0.